The molecule has 0 aliphatic carbocycles. The molecule has 0 bridgehead atoms. The van der Waals surface area contributed by atoms with E-state index in [0.29, 0.717) is 31.6 Å². The van der Waals surface area contributed by atoms with Gasteiger partial charge in [-0.1, -0.05) is 29.4 Å². The number of benzene rings is 2. The standard InChI is InChI=1S/C21H20ClIN2O5S/c1-3-29-16-7-12(6-14(23)19(16)30-10-18(26)27)8-17-20(28)25-21(31-17)24-15-9-13(22)5-4-11(15)2/h4-9,21,24H,3,10H2,1-2H3,(H,25,28)(H,26,27)/b17-8-. The van der Waals surface area contributed by atoms with Crippen molar-refractivity contribution in [3.05, 3.63) is 55.0 Å². The monoisotopic (exact) mass is 574 g/mol. The smallest absolute Gasteiger partial charge is 0.341 e. The third kappa shape index (κ3) is 6.20. The normalized spacial score (nSPS) is 16.8. The topological polar surface area (TPSA) is 96.9 Å². The van der Waals surface area contributed by atoms with Crippen LogP contribution in [0.5, 0.6) is 11.5 Å². The van der Waals surface area contributed by atoms with E-state index in [4.69, 9.17) is 26.2 Å². The zero-order valence-electron chi connectivity index (χ0n) is 16.7. The molecule has 1 unspecified atom stereocenters. The first kappa shape index (κ1) is 23.6. The summed E-state index contributed by atoms with van der Waals surface area (Å²) in [6.07, 6.45) is 1.76. The highest BCUT2D eigenvalue weighted by Crippen LogP contribution is 2.37. The molecule has 1 aliphatic heterocycles. The molecule has 1 aliphatic rings. The van der Waals surface area contributed by atoms with E-state index in [0.717, 1.165) is 16.8 Å². The number of carbonyl (C=O) groups is 2. The molecule has 0 saturated carbocycles. The molecule has 1 amide bonds. The minimum atomic E-state index is -1.07. The van der Waals surface area contributed by atoms with Crippen molar-refractivity contribution in [2.45, 2.75) is 19.3 Å². The number of aryl methyl sites for hydroxylation is 1. The third-order valence-electron chi connectivity index (χ3n) is 4.19. The largest absolute Gasteiger partial charge is 0.490 e. The number of hydrogen-bond donors (Lipinski definition) is 3. The summed E-state index contributed by atoms with van der Waals surface area (Å²) in [6, 6.07) is 9.08. The molecule has 10 heteroatoms. The van der Waals surface area contributed by atoms with E-state index < -0.39 is 12.6 Å². The van der Waals surface area contributed by atoms with E-state index in [1.807, 2.05) is 38.1 Å². The van der Waals surface area contributed by atoms with Gasteiger partial charge in [0.15, 0.2) is 23.6 Å². The molecule has 164 valence electrons. The second-order valence-electron chi connectivity index (χ2n) is 6.53. The fraction of sp³-hybridized carbons (Fsp3) is 0.238. The number of anilines is 1. The first-order chi connectivity index (χ1) is 14.8. The van der Waals surface area contributed by atoms with Crippen LogP contribution in [-0.2, 0) is 9.59 Å². The molecule has 2 aromatic carbocycles. The van der Waals surface area contributed by atoms with Crippen LogP contribution in [0, 0.1) is 10.5 Å². The van der Waals surface area contributed by atoms with Gasteiger partial charge in [0.1, 0.15) is 0 Å². The van der Waals surface area contributed by atoms with Gasteiger partial charge in [-0.25, -0.2) is 4.79 Å². The number of rotatable bonds is 8. The highest BCUT2D eigenvalue weighted by atomic mass is 127. The van der Waals surface area contributed by atoms with E-state index in [1.54, 1.807) is 12.1 Å². The fourth-order valence-electron chi connectivity index (χ4n) is 2.82. The van der Waals surface area contributed by atoms with Crippen LogP contribution in [-0.4, -0.2) is 35.7 Å². The van der Waals surface area contributed by atoms with Gasteiger partial charge in [0.25, 0.3) is 5.91 Å². The molecule has 0 spiro atoms. The number of carboxylic acids is 1. The lowest BCUT2D eigenvalue weighted by molar-refractivity contribution is -0.139. The molecule has 1 atom stereocenters. The zero-order valence-corrected chi connectivity index (χ0v) is 20.4. The average Bonchev–Trinajstić information content (AvgIpc) is 3.03. The Kier molecular flexibility index (Phi) is 7.95. The molecule has 1 heterocycles. The van der Waals surface area contributed by atoms with Gasteiger partial charge in [-0.2, -0.15) is 0 Å². The molecular formula is C21H20ClIN2O5S. The molecule has 1 fully saturated rings. The van der Waals surface area contributed by atoms with Crippen molar-refractivity contribution >= 4 is 69.6 Å². The molecule has 0 radical (unpaired) electrons. The quantitative estimate of drug-likeness (QED) is 0.310. The molecule has 0 aromatic heterocycles. The van der Waals surface area contributed by atoms with Crippen LogP contribution in [0.2, 0.25) is 5.02 Å². The lowest BCUT2D eigenvalue weighted by Crippen LogP contribution is -2.31. The summed E-state index contributed by atoms with van der Waals surface area (Å²) in [5.41, 5.74) is 2.27. The first-order valence-corrected chi connectivity index (χ1v) is 11.6. The van der Waals surface area contributed by atoms with Crippen molar-refractivity contribution in [2.24, 2.45) is 0 Å². The number of ether oxygens (including phenoxy) is 2. The second kappa shape index (κ2) is 10.5. The van der Waals surface area contributed by atoms with Crippen LogP contribution in [0.25, 0.3) is 6.08 Å². The third-order valence-corrected chi connectivity index (χ3v) is 6.25. The number of hydrogen-bond acceptors (Lipinski definition) is 6. The Hall–Kier alpha value is -2.11. The molecular weight excluding hydrogens is 555 g/mol. The van der Waals surface area contributed by atoms with Crippen molar-refractivity contribution in [2.75, 3.05) is 18.5 Å². The van der Waals surface area contributed by atoms with E-state index in [-0.39, 0.29) is 11.4 Å². The van der Waals surface area contributed by atoms with Crippen LogP contribution in [0.15, 0.2) is 35.2 Å². The summed E-state index contributed by atoms with van der Waals surface area (Å²) in [6.45, 7) is 3.71. The molecule has 3 N–H and O–H groups in total. The van der Waals surface area contributed by atoms with Gasteiger partial charge >= 0.3 is 5.97 Å². The number of carboxylic acid groups (broad SMARTS) is 1. The van der Waals surface area contributed by atoms with Crippen molar-refractivity contribution in [3.63, 3.8) is 0 Å². The lowest BCUT2D eigenvalue weighted by Gasteiger charge is -2.15. The number of halogens is 2. The van der Waals surface area contributed by atoms with E-state index in [9.17, 15) is 9.59 Å². The van der Waals surface area contributed by atoms with Crippen LogP contribution in [0.1, 0.15) is 18.1 Å². The summed E-state index contributed by atoms with van der Waals surface area (Å²) in [5, 5.41) is 15.7. The number of nitrogens with one attached hydrogen (secondary N) is 2. The van der Waals surface area contributed by atoms with Crippen LogP contribution in [0.3, 0.4) is 0 Å². The van der Waals surface area contributed by atoms with Gasteiger partial charge in [-0.3, -0.25) is 4.79 Å². The van der Waals surface area contributed by atoms with Crippen molar-refractivity contribution in [1.29, 1.82) is 0 Å². The maximum Gasteiger partial charge on any atom is 0.341 e. The van der Waals surface area contributed by atoms with Gasteiger partial charge in [0.05, 0.1) is 15.1 Å². The Morgan fingerprint density at radius 1 is 1.35 bits per heavy atom. The number of aliphatic carboxylic acids is 1. The molecule has 3 rings (SSSR count). The number of amides is 1. The Balaban J connectivity index is 1.81. The predicted octanol–water partition coefficient (Wildman–Crippen LogP) is 4.71. The summed E-state index contributed by atoms with van der Waals surface area (Å²) in [7, 11) is 0. The van der Waals surface area contributed by atoms with E-state index in [1.165, 1.54) is 11.8 Å². The van der Waals surface area contributed by atoms with Crippen LogP contribution < -0.4 is 20.1 Å². The predicted molar refractivity (Wildman–Crippen MR) is 131 cm³/mol. The maximum absolute atomic E-state index is 12.5. The summed E-state index contributed by atoms with van der Waals surface area (Å²) in [5.74, 6) is -0.472. The zero-order chi connectivity index (χ0) is 22.5. The van der Waals surface area contributed by atoms with Crippen molar-refractivity contribution in [1.82, 2.24) is 5.32 Å². The van der Waals surface area contributed by atoms with Crippen molar-refractivity contribution < 1.29 is 24.2 Å². The molecule has 1 saturated heterocycles. The first-order valence-electron chi connectivity index (χ1n) is 9.29. The van der Waals surface area contributed by atoms with Crippen molar-refractivity contribution in [3.8, 4) is 11.5 Å². The van der Waals surface area contributed by atoms with Gasteiger partial charge in [0, 0.05) is 10.7 Å². The highest BCUT2D eigenvalue weighted by molar-refractivity contribution is 14.1. The van der Waals surface area contributed by atoms with Crippen LogP contribution >= 0.6 is 46.0 Å². The SMILES string of the molecule is CCOc1cc(/C=C2\SC(Nc3cc(Cl)ccc3C)NC2=O)cc(I)c1OCC(=O)O. The van der Waals surface area contributed by atoms with E-state index >= 15 is 0 Å². The summed E-state index contributed by atoms with van der Waals surface area (Å²) < 4.78 is 11.7. The van der Waals surface area contributed by atoms with Gasteiger partial charge in [-0.05, 0) is 77.9 Å². The Labute approximate surface area is 202 Å². The summed E-state index contributed by atoms with van der Waals surface area (Å²) in [4.78, 5) is 23.9. The molecule has 7 nitrogen and oxygen atoms in total. The number of thioether (sulfide) groups is 1. The van der Waals surface area contributed by atoms with E-state index in [2.05, 4.69) is 33.2 Å². The lowest BCUT2D eigenvalue weighted by atomic mass is 10.2. The molecule has 2 aromatic rings. The number of carbonyl (C=O) groups excluding carboxylic acids is 1. The van der Waals surface area contributed by atoms with Gasteiger partial charge < -0.3 is 25.2 Å². The van der Waals surface area contributed by atoms with Crippen LogP contribution in [0.4, 0.5) is 5.69 Å². The molecule has 31 heavy (non-hydrogen) atoms. The Morgan fingerprint density at radius 2 is 2.13 bits per heavy atom. The van der Waals surface area contributed by atoms with Gasteiger partial charge in [-0.15, -0.1) is 0 Å². The second-order valence-corrected chi connectivity index (χ2v) is 9.27. The summed E-state index contributed by atoms with van der Waals surface area (Å²) >= 11 is 9.49. The maximum atomic E-state index is 12.5. The van der Waals surface area contributed by atoms with Gasteiger partial charge in [0.2, 0.25) is 0 Å². The Bertz CT molecular complexity index is 1050. The minimum absolute atomic E-state index is 0.193. The minimum Gasteiger partial charge on any atom is -0.490 e. The Morgan fingerprint density at radius 3 is 2.84 bits per heavy atom. The fourth-order valence-corrected chi connectivity index (χ4v) is 4.74. The average molecular weight is 575 g/mol. The highest BCUT2D eigenvalue weighted by Gasteiger charge is 2.27.